The van der Waals surface area contributed by atoms with Crippen LogP contribution in [-0.4, -0.2) is 30.8 Å². The lowest BCUT2D eigenvalue weighted by Crippen LogP contribution is -2.32. The number of alkyl halides is 1. The van der Waals surface area contributed by atoms with Gasteiger partial charge in [-0.2, -0.15) is 0 Å². The number of rotatable bonds is 5. The second-order valence-corrected chi connectivity index (χ2v) is 4.87. The fourth-order valence-electron chi connectivity index (χ4n) is 1.81. The summed E-state index contributed by atoms with van der Waals surface area (Å²) in [5, 5.41) is 0. The molecule has 0 saturated carbocycles. The van der Waals surface area contributed by atoms with Gasteiger partial charge in [0.2, 0.25) is 5.91 Å². The molecule has 0 aliphatic heterocycles. The second kappa shape index (κ2) is 6.64. The molecule has 0 aromatic heterocycles. The number of carbonyl (C=O) groups excluding carboxylic acids is 1. The van der Waals surface area contributed by atoms with Crippen LogP contribution >= 0.6 is 11.6 Å². The van der Waals surface area contributed by atoms with E-state index in [0.717, 1.165) is 16.9 Å². The molecule has 1 atom stereocenters. The van der Waals surface area contributed by atoms with E-state index in [4.69, 9.17) is 16.3 Å². The first-order chi connectivity index (χ1) is 8.49. The largest absolute Gasteiger partial charge is 0.496 e. The van der Waals surface area contributed by atoms with Gasteiger partial charge in [0.25, 0.3) is 0 Å². The number of methoxy groups -OCH3 is 1. The van der Waals surface area contributed by atoms with Crippen molar-refractivity contribution in [2.75, 3.05) is 20.0 Å². The fraction of sp³-hybridized carbons (Fsp3) is 0.500. The van der Waals surface area contributed by atoms with Gasteiger partial charge in [0, 0.05) is 31.0 Å². The van der Waals surface area contributed by atoms with Crippen LogP contribution in [0.2, 0.25) is 0 Å². The summed E-state index contributed by atoms with van der Waals surface area (Å²) in [7, 11) is 3.42. The molecule has 0 fully saturated rings. The summed E-state index contributed by atoms with van der Waals surface area (Å²) < 4.78 is 5.30. The summed E-state index contributed by atoms with van der Waals surface area (Å²) in [4.78, 5) is 13.6. The van der Waals surface area contributed by atoms with E-state index in [1.165, 1.54) is 0 Å². The van der Waals surface area contributed by atoms with E-state index in [1.54, 1.807) is 19.1 Å². The Labute approximate surface area is 114 Å². The van der Waals surface area contributed by atoms with Crippen LogP contribution in [0.4, 0.5) is 0 Å². The molecule has 1 aromatic rings. The van der Waals surface area contributed by atoms with E-state index < -0.39 is 0 Å². The summed E-state index contributed by atoms with van der Waals surface area (Å²) in [6, 6.07) is 5.95. The van der Waals surface area contributed by atoms with Crippen molar-refractivity contribution in [1.82, 2.24) is 4.90 Å². The Morgan fingerprint density at radius 3 is 2.72 bits per heavy atom. The number of ether oxygens (including phenoxy) is 1. The molecule has 3 nitrogen and oxygen atoms in total. The third kappa shape index (κ3) is 3.64. The highest BCUT2D eigenvalue weighted by atomic mass is 35.5. The molecule has 1 unspecified atom stereocenters. The Balaban J connectivity index is 2.83. The van der Waals surface area contributed by atoms with Crippen LogP contribution in [0.3, 0.4) is 0 Å². The Kier molecular flexibility index (Phi) is 5.48. The minimum Gasteiger partial charge on any atom is -0.496 e. The van der Waals surface area contributed by atoms with E-state index in [-0.39, 0.29) is 11.8 Å². The maximum absolute atomic E-state index is 12.0. The summed E-state index contributed by atoms with van der Waals surface area (Å²) in [5.41, 5.74) is 2.16. The summed E-state index contributed by atoms with van der Waals surface area (Å²) in [6.45, 7) is 4.39. The van der Waals surface area contributed by atoms with Crippen LogP contribution in [0, 0.1) is 12.8 Å². The SMILES string of the molecule is COc1ccc(C)cc1CN(C)C(=O)C(C)CCl. The van der Waals surface area contributed by atoms with Crippen LogP contribution < -0.4 is 4.74 Å². The molecule has 0 aliphatic carbocycles. The average Bonchev–Trinajstić information content (AvgIpc) is 2.37. The smallest absolute Gasteiger partial charge is 0.226 e. The Hall–Kier alpha value is -1.22. The van der Waals surface area contributed by atoms with Crippen molar-refractivity contribution >= 4 is 17.5 Å². The van der Waals surface area contributed by atoms with Gasteiger partial charge in [0.15, 0.2) is 0 Å². The van der Waals surface area contributed by atoms with Gasteiger partial charge in [0.1, 0.15) is 5.75 Å². The first-order valence-electron chi connectivity index (χ1n) is 5.94. The van der Waals surface area contributed by atoms with Crippen molar-refractivity contribution in [2.24, 2.45) is 5.92 Å². The van der Waals surface area contributed by atoms with E-state index in [0.29, 0.717) is 12.4 Å². The highest BCUT2D eigenvalue weighted by Crippen LogP contribution is 2.21. The zero-order valence-corrected chi connectivity index (χ0v) is 12.1. The number of benzene rings is 1. The molecule has 1 amide bonds. The standard InChI is InChI=1S/C14H20ClNO2/c1-10-5-6-13(18-4)12(7-10)9-16(3)14(17)11(2)8-15/h5-7,11H,8-9H2,1-4H3. The molecule has 0 N–H and O–H groups in total. The van der Waals surface area contributed by atoms with Gasteiger partial charge in [0.05, 0.1) is 7.11 Å². The zero-order chi connectivity index (χ0) is 13.7. The first kappa shape index (κ1) is 14.8. The van der Waals surface area contributed by atoms with Crippen molar-refractivity contribution in [1.29, 1.82) is 0 Å². The first-order valence-corrected chi connectivity index (χ1v) is 6.47. The van der Waals surface area contributed by atoms with Crippen LogP contribution in [0.1, 0.15) is 18.1 Å². The maximum Gasteiger partial charge on any atom is 0.226 e. The minimum atomic E-state index is -0.160. The number of aryl methyl sites for hydroxylation is 1. The molecule has 0 heterocycles. The van der Waals surface area contributed by atoms with E-state index in [1.807, 2.05) is 32.0 Å². The van der Waals surface area contributed by atoms with E-state index >= 15 is 0 Å². The van der Waals surface area contributed by atoms with E-state index in [9.17, 15) is 4.79 Å². The minimum absolute atomic E-state index is 0.0496. The number of carbonyl (C=O) groups is 1. The normalized spacial score (nSPS) is 12.1. The van der Waals surface area contributed by atoms with Crippen molar-refractivity contribution in [2.45, 2.75) is 20.4 Å². The highest BCUT2D eigenvalue weighted by Gasteiger charge is 2.17. The van der Waals surface area contributed by atoms with Crippen molar-refractivity contribution in [3.05, 3.63) is 29.3 Å². The lowest BCUT2D eigenvalue weighted by atomic mass is 10.1. The zero-order valence-electron chi connectivity index (χ0n) is 11.4. The van der Waals surface area contributed by atoms with Gasteiger partial charge in [-0.1, -0.05) is 24.6 Å². The van der Waals surface area contributed by atoms with Gasteiger partial charge < -0.3 is 9.64 Å². The number of hydrogen-bond donors (Lipinski definition) is 0. The second-order valence-electron chi connectivity index (χ2n) is 4.56. The molecule has 1 rings (SSSR count). The van der Waals surface area contributed by atoms with Gasteiger partial charge in [-0.25, -0.2) is 0 Å². The summed E-state index contributed by atoms with van der Waals surface area (Å²) in [6.07, 6.45) is 0. The topological polar surface area (TPSA) is 29.5 Å². The number of halogens is 1. The van der Waals surface area contributed by atoms with Crippen molar-refractivity contribution in [3.63, 3.8) is 0 Å². The number of nitrogens with zero attached hydrogens (tertiary/aromatic N) is 1. The van der Waals surface area contributed by atoms with Gasteiger partial charge >= 0.3 is 0 Å². The Morgan fingerprint density at radius 2 is 2.17 bits per heavy atom. The lowest BCUT2D eigenvalue weighted by Gasteiger charge is -2.21. The molecule has 0 saturated heterocycles. The quantitative estimate of drug-likeness (QED) is 0.770. The third-order valence-electron chi connectivity index (χ3n) is 2.87. The monoisotopic (exact) mass is 269 g/mol. The van der Waals surface area contributed by atoms with E-state index in [2.05, 4.69) is 0 Å². The van der Waals surface area contributed by atoms with Crippen LogP contribution in [0.25, 0.3) is 0 Å². The number of amides is 1. The molecular formula is C14H20ClNO2. The van der Waals surface area contributed by atoms with Crippen LogP contribution in [0.5, 0.6) is 5.75 Å². The molecule has 4 heteroatoms. The molecule has 18 heavy (non-hydrogen) atoms. The molecule has 0 radical (unpaired) electrons. The molecule has 0 aliphatic rings. The summed E-state index contributed by atoms with van der Waals surface area (Å²) >= 11 is 5.71. The molecule has 1 aromatic carbocycles. The average molecular weight is 270 g/mol. The predicted octanol–water partition coefficient (Wildman–Crippen LogP) is 2.84. The van der Waals surface area contributed by atoms with Crippen LogP contribution in [0.15, 0.2) is 18.2 Å². The predicted molar refractivity (Wildman–Crippen MR) is 74.1 cm³/mol. The van der Waals surface area contributed by atoms with Gasteiger partial charge in [-0.05, 0) is 13.0 Å². The van der Waals surface area contributed by atoms with Gasteiger partial charge in [-0.3, -0.25) is 4.79 Å². The highest BCUT2D eigenvalue weighted by molar-refractivity contribution is 6.19. The lowest BCUT2D eigenvalue weighted by molar-refractivity contribution is -0.133. The Morgan fingerprint density at radius 1 is 1.50 bits per heavy atom. The molecule has 100 valence electrons. The fourth-order valence-corrected chi connectivity index (χ4v) is 1.94. The third-order valence-corrected chi connectivity index (χ3v) is 3.34. The summed E-state index contributed by atoms with van der Waals surface area (Å²) in [5.74, 6) is 1.04. The van der Waals surface area contributed by atoms with Crippen molar-refractivity contribution in [3.8, 4) is 5.75 Å². The van der Waals surface area contributed by atoms with Crippen LogP contribution in [-0.2, 0) is 11.3 Å². The van der Waals surface area contributed by atoms with Crippen molar-refractivity contribution < 1.29 is 9.53 Å². The number of hydrogen-bond acceptors (Lipinski definition) is 2. The molecule has 0 spiro atoms. The Bertz CT molecular complexity index is 420. The maximum atomic E-state index is 12.0. The molecule has 0 bridgehead atoms. The van der Waals surface area contributed by atoms with Gasteiger partial charge in [-0.15, -0.1) is 11.6 Å². The molecular weight excluding hydrogens is 250 g/mol.